The van der Waals surface area contributed by atoms with Crippen LogP contribution in [0.3, 0.4) is 0 Å². The van der Waals surface area contributed by atoms with Crippen LogP contribution in [0.25, 0.3) is 0 Å². The summed E-state index contributed by atoms with van der Waals surface area (Å²) >= 11 is 0. The van der Waals surface area contributed by atoms with Gasteiger partial charge in [0.15, 0.2) is 11.5 Å². The fraction of sp³-hybridized carbons (Fsp3) is 0.562. The van der Waals surface area contributed by atoms with Crippen LogP contribution in [0.2, 0.25) is 0 Å². The first-order valence-corrected chi connectivity index (χ1v) is 7.37. The van der Waals surface area contributed by atoms with Gasteiger partial charge in [-0.05, 0) is 18.9 Å². The summed E-state index contributed by atoms with van der Waals surface area (Å²) in [6, 6.07) is 3.61. The zero-order chi connectivity index (χ0) is 15.4. The van der Waals surface area contributed by atoms with E-state index in [0.29, 0.717) is 28.8 Å². The van der Waals surface area contributed by atoms with E-state index < -0.39 is 0 Å². The van der Waals surface area contributed by atoms with Crippen molar-refractivity contribution in [1.82, 2.24) is 4.90 Å². The maximum Gasteiger partial charge on any atom is 0.256 e. The zero-order valence-corrected chi connectivity index (χ0v) is 13.0. The Labute approximate surface area is 126 Å². The van der Waals surface area contributed by atoms with Gasteiger partial charge in [0.2, 0.25) is 0 Å². The van der Waals surface area contributed by atoms with E-state index >= 15 is 0 Å². The average Bonchev–Trinajstić information content (AvgIpc) is 2.54. The van der Waals surface area contributed by atoms with E-state index in [0.717, 1.165) is 12.8 Å². The lowest BCUT2D eigenvalue weighted by molar-refractivity contribution is 0.0697. The van der Waals surface area contributed by atoms with Crippen molar-refractivity contribution in [2.24, 2.45) is 0 Å². The number of amides is 1. The predicted molar refractivity (Wildman–Crippen MR) is 82.9 cm³/mol. The van der Waals surface area contributed by atoms with Crippen LogP contribution in [0.5, 0.6) is 11.5 Å². The monoisotopic (exact) mass is 292 g/mol. The molecule has 5 nitrogen and oxygen atoms in total. The van der Waals surface area contributed by atoms with Crippen LogP contribution in [-0.2, 0) is 0 Å². The normalized spacial score (nSPS) is 15.6. The van der Waals surface area contributed by atoms with E-state index in [4.69, 9.17) is 15.2 Å². The van der Waals surface area contributed by atoms with Gasteiger partial charge in [-0.2, -0.15) is 0 Å². The Morgan fingerprint density at radius 2 is 1.71 bits per heavy atom. The topological polar surface area (TPSA) is 64.8 Å². The molecule has 1 saturated carbocycles. The largest absolute Gasteiger partial charge is 0.493 e. The smallest absolute Gasteiger partial charge is 0.256 e. The Morgan fingerprint density at radius 3 is 2.29 bits per heavy atom. The third-order valence-corrected chi connectivity index (χ3v) is 4.23. The lowest BCUT2D eigenvalue weighted by Gasteiger charge is -2.31. The molecule has 1 aliphatic carbocycles. The van der Waals surface area contributed by atoms with E-state index in [1.54, 1.807) is 26.4 Å². The van der Waals surface area contributed by atoms with Crippen LogP contribution in [0.4, 0.5) is 5.69 Å². The van der Waals surface area contributed by atoms with Crippen LogP contribution in [0.1, 0.15) is 42.5 Å². The first-order chi connectivity index (χ1) is 10.1. The number of carbonyl (C=O) groups is 1. The van der Waals surface area contributed by atoms with Crippen molar-refractivity contribution in [1.29, 1.82) is 0 Å². The lowest BCUT2D eigenvalue weighted by Crippen LogP contribution is -2.38. The fourth-order valence-electron chi connectivity index (χ4n) is 2.90. The number of nitrogens with zero attached hydrogens (tertiary/aromatic N) is 1. The molecular weight excluding hydrogens is 268 g/mol. The third-order valence-electron chi connectivity index (χ3n) is 4.23. The summed E-state index contributed by atoms with van der Waals surface area (Å²) in [6.07, 6.45) is 5.76. The van der Waals surface area contributed by atoms with E-state index in [1.807, 2.05) is 11.9 Å². The molecule has 0 atom stereocenters. The number of nitrogens with two attached hydrogens (primary N) is 1. The van der Waals surface area contributed by atoms with E-state index in [-0.39, 0.29) is 5.91 Å². The van der Waals surface area contributed by atoms with Gasteiger partial charge in [0.1, 0.15) is 0 Å². The molecule has 2 rings (SSSR count). The van der Waals surface area contributed by atoms with Crippen molar-refractivity contribution in [3.05, 3.63) is 17.7 Å². The van der Waals surface area contributed by atoms with Crippen LogP contribution < -0.4 is 15.2 Å². The minimum Gasteiger partial charge on any atom is -0.493 e. The second-order valence-electron chi connectivity index (χ2n) is 5.50. The molecule has 2 N–H and O–H groups in total. The van der Waals surface area contributed by atoms with Gasteiger partial charge >= 0.3 is 0 Å². The van der Waals surface area contributed by atoms with Gasteiger partial charge in [0, 0.05) is 24.8 Å². The SMILES string of the molecule is COc1cc(N)c(C(=O)N(C)C2CCCCC2)cc1OC. The van der Waals surface area contributed by atoms with Crippen molar-refractivity contribution in [3.8, 4) is 11.5 Å². The van der Waals surface area contributed by atoms with Crippen LogP contribution in [-0.4, -0.2) is 38.1 Å². The Bertz CT molecular complexity index is 510. The summed E-state index contributed by atoms with van der Waals surface area (Å²) in [6.45, 7) is 0. The molecule has 1 aliphatic rings. The first-order valence-electron chi connectivity index (χ1n) is 7.37. The Balaban J connectivity index is 2.25. The van der Waals surface area contributed by atoms with Gasteiger partial charge in [-0.15, -0.1) is 0 Å². The zero-order valence-electron chi connectivity index (χ0n) is 13.0. The van der Waals surface area contributed by atoms with Crippen LogP contribution >= 0.6 is 0 Å². The number of carbonyl (C=O) groups excluding carboxylic acids is 1. The number of hydrogen-bond acceptors (Lipinski definition) is 4. The quantitative estimate of drug-likeness (QED) is 0.867. The Hall–Kier alpha value is -1.91. The molecule has 0 radical (unpaired) electrons. The second-order valence-corrected chi connectivity index (χ2v) is 5.50. The molecule has 5 heteroatoms. The summed E-state index contributed by atoms with van der Waals surface area (Å²) < 4.78 is 10.5. The molecule has 0 saturated heterocycles. The molecule has 0 bridgehead atoms. The molecule has 1 amide bonds. The van der Waals surface area contributed by atoms with Crippen molar-refractivity contribution < 1.29 is 14.3 Å². The molecule has 0 aliphatic heterocycles. The summed E-state index contributed by atoms with van der Waals surface area (Å²) in [5.41, 5.74) is 6.90. The van der Waals surface area contributed by atoms with Gasteiger partial charge in [-0.1, -0.05) is 19.3 Å². The van der Waals surface area contributed by atoms with Crippen molar-refractivity contribution in [2.45, 2.75) is 38.1 Å². The van der Waals surface area contributed by atoms with Gasteiger partial charge in [0.05, 0.1) is 19.8 Å². The third kappa shape index (κ3) is 3.23. The number of benzene rings is 1. The fourth-order valence-corrected chi connectivity index (χ4v) is 2.90. The molecule has 21 heavy (non-hydrogen) atoms. The maximum atomic E-state index is 12.7. The minimum absolute atomic E-state index is 0.0552. The first kappa shape index (κ1) is 15.5. The van der Waals surface area contributed by atoms with Crippen molar-refractivity contribution in [3.63, 3.8) is 0 Å². The molecular formula is C16H24N2O3. The molecule has 1 aromatic rings. The number of nitrogen functional groups attached to an aromatic ring is 1. The predicted octanol–water partition coefficient (Wildman–Crippen LogP) is 2.69. The molecule has 0 heterocycles. The number of anilines is 1. The molecule has 0 unspecified atom stereocenters. The molecule has 1 fully saturated rings. The molecule has 0 aromatic heterocycles. The van der Waals surface area contributed by atoms with Gasteiger partial charge < -0.3 is 20.1 Å². The minimum atomic E-state index is -0.0552. The summed E-state index contributed by atoms with van der Waals surface area (Å²) in [5, 5.41) is 0. The summed E-state index contributed by atoms with van der Waals surface area (Å²) in [4.78, 5) is 14.5. The maximum absolute atomic E-state index is 12.7. The lowest BCUT2D eigenvalue weighted by atomic mass is 9.94. The highest BCUT2D eigenvalue weighted by atomic mass is 16.5. The highest BCUT2D eigenvalue weighted by Crippen LogP contribution is 2.33. The van der Waals surface area contributed by atoms with Gasteiger partial charge in [0.25, 0.3) is 5.91 Å². The van der Waals surface area contributed by atoms with Crippen molar-refractivity contribution in [2.75, 3.05) is 27.0 Å². The van der Waals surface area contributed by atoms with Crippen LogP contribution in [0.15, 0.2) is 12.1 Å². The molecule has 116 valence electrons. The molecule has 0 spiro atoms. The summed E-state index contributed by atoms with van der Waals surface area (Å²) in [5.74, 6) is 0.999. The Morgan fingerprint density at radius 1 is 1.14 bits per heavy atom. The van der Waals surface area contributed by atoms with Crippen LogP contribution in [0, 0.1) is 0 Å². The van der Waals surface area contributed by atoms with E-state index in [1.165, 1.54) is 19.3 Å². The highest BCUT2D eigenvalue weighted by Gasteiger charge is 2.25. The highest BCUT2D eigenvalue weighted by molar-refractivity contribution is 6.00. The summed E-state index contributed by atoms with van der Waals surface area (Å²) in [7, 11) is 4.95. The van der Waals surface area contributed by atoms with Crippen molar-refractivity contribution >= 4 is 11.6 Å². The second kappa shape index (κ2) is 6.70. The Kier molecular flexibility index (Phi) is 4.94. The number of hydrogen-bond donors (Lipinski definition) is 1. The van der Waals surface area contributed by atoms with E-state index in [9.17, 15) is 4.79 Å². The van der Waals surface area contributed by atoms with Gasteiger partial charge in [-0.3, -0.25) is 4.79 Å². The van der Waals surface area contributed by atoms with E-state index in [2.05, 4.69) is 0 Å². The number of rotatable bonds is 4. The average molecular weight is 292 g/mol. The standard InChI is InChI=1S/C16H24N2O3/c1-18(11-7-5-4-6-8-11)16(19)12-9-14(20-2)15(21-3)10-13(12)17/h9-11H,4-8,17H2,1-3H3. The molecule has 1 aromatic carbocycles. The van der Waals surface area contributed by atoms with Gasteiger partial charge in [-0.25, -0.2) is 0 Å². The number of methoxy groups -OCH3 is 2. The number of ether oxygens (including phenoxy) is 2.